The van der Waals surface area contributed by atoms with Crippen molar-refractivity contribution in [2.45, 2.75) is 0 Å². The van der Waals surface area contributed by atoms with Gasteiger partial charge in [0.25, 0.3) is 0 Å². The molecule has 0 amide bonds. The van der Waals surface area contributed by atoms with Gasteiger partial charge in [0, 0.05) is 4.88 Å². The van der Waals surface area contributed by atoms with Crippen molar-refractivity contribution >= 4 is 46.6 Å². The Kier molecular flexibility index (Phi) is 4.80. The van der Waals surface area contributed by atoms with Crippen LogP contribution in [0.15, 0.2) is 77.2 Å². The Morgan fingerprint density at radius 3 is 2.35 bits per heavy atom. The lowest BCUT2D eigenvalue weighted by Gasteiger charge is -2.06. The standard InChI is InChI=1S/C21H16N4S/c1-2-7-16(8-3-1)15-22-25-21-20(13-12-17-9-6-14-26-17)23-18-10-4-5-11-19(18)24-21/h1-15H,(H,24,25). The van der Waals surface area contributed by atoms with Crippen molar-refractivity contribution in [1.29, 1.82) is 0 Å². The lowest BCUT2D eigenvalue weighted by atomic mass is 10.2. The van der Waals surface area contributed by atoms with Crippen LogP contribution in [0, 0.1) is 0 Å². The quantitative estimate of drug-likeness (QED) is 0.389. The lowest BCUT2D eigenvalue weighted by molar-refractivity contribution is 1.20. The Bertz CT molecular complexity index is 1050. The van der Waals surface area contributed by atoms with E-state index in [1.165, 1.54) is 4.88 Å². The molecule has 0 fully saturated rings. The summed E-state index contributed by atoms with van der Waals surface area (Å²) in [6.07, 6.45) is 5.77. The van der Waals surface area contributed by atoms with Crippen molar-refractivity contribution < 1.29 is 0 Å². The third kappa shape index (κ3) is 3.84. The first-order chi connectivity index (χ1) is 12.9. The molecule has 1 N–H and O–H groups in total. The number of benzene rings is 2. The number of hydrazone groups is 1. The van der Waals surface area contributed by atoms with E-state index in [0.717, 1.165) is 22.3 Å². The van der Waals surface area contributed by atoms with Crippen LogP contribution in [0.4, 0.5) is 5.82 Å². The van der Waals surface area contributed by atoms with Crippen LogP contribution in [0.25, 0.3) is 23.2 Å². The fraction of sp³-hybridized carbons (Fsp3) is 0. The Morgan fingerprint density at radius 2 is 1.58 bits per heavy atom. The van der Waals surface area contributed by atoms with Crippen LogP contribution in [0.1, 0.15) is 16.1 Å². The van der Waals surface area contributed by atoms with Crippen LogP contribution in [0.2, 0.25) is 0 Å². The third-order valence-corrected chi connectivity index (χ3v) is 4.57. The summed E-state index contributed by atoms with van der Waals surface area (Å²) in [6.45, 7) is 0. The minimum atomic E-state index is 0.628. The fourth-order valence-electron chi connectivity index (χ4n) is 2.47. The van der Waals surface area contributed by atoms with E-state index >= 15 is 0 Å². The first-order valence-corrected chi connectivity index (χ1v) is 9.09. The lowest BCUT2D eigenvalue weighted by Crippen LogP contribution is -1.99. The average molecular weight is 356 g/mol. The molecule has 0 saturated carbocycles. The van der Waals surface area contributed by atoms with E-state index in [0.29, 0.717) is 5.82 Å². The summed E-state index contributed by atoms with van der Waals surface area (Å²) in [6, 6.07) is 21.8. The van der Waals surface area contributed by atoms with Gasteiger partial charge >= 0.3 is 0 Å². The maximum absolute atomic E-state index is 4.72. The minimum absolute atomic E-state index is 0.628. The zero-order valence-corrected chi connectivity index (χ0v) is 14.7. The molecule has 5 heteroatoms. The molecule has 0 saturated heterocycles. The number of para-hydroxylation sites is 2. The predicted octanol–water partition coefficient (Wildman–Crippen LogP) is 5.31. The van der Waals surface area contributed by atoms with Crippen LogP contribution >= 0.6 is 11.3 Å². The van der Waals surface area contributed by atoms with Gasteiger partial charge in [-0.3, -0.25) is 5.43 Å². The normalized spacial score (nSPS) is 11.5. The highest BCUT2D eigenvalue weighted by Crippen LogP contribution is 2.20. The van der Waals surface area contributed by atoms with Gasteiger partial charge in [0.1, 0.15) is 5.69 Å². The molecule has 4 rings (SSSR count). The topological polar surface area (TPSA) is 50.2 Å². The number of anilines is 1. The summed E-state index contributed by atoms with van der Waals surface area (Å²) in [5.74, 6) is 0.628. The molecule has 0 aliphatic carbocycles. The number of nitrogens with zero attached hydrogens (tertiary/aromatic N) is 3. The summed E-state index contributed by atoms with van der Waals surface area (Å²) in [4.78, 5) is 10.6. The van der Waals surface area contributed by atoms with Gasteiger partial charge < -0.3 is 0 Å². The van der Waals surface area contributed by atoms with E-state index in [9.17, 15) is 0 Å². The second-order valence-electron chi connectivity index (χ2n) is 5.58. The molecular formula is C21H16N4S. The zero-order valence-electron chi connectivity index (χ0n) is 13.9. The van der Waals surface area contributed by atoms with Crippen LogP contribution < -0.4 is 5.43 Å². The minimum Gasteiger partial charge on any atom is -0.260 e. The van der Waals surface area contributed by atoms with Crippen LogP contribution in [-0.4, -0.2) is 16.2 Å². The van der Waals surface area contributed by atoms with E-state index in [4.69, 9.17) is 4.98 Å². The molecule has 0 spiro atoms. The molecule has 4 aromatic rings. The van der Waals surface area contributed by atoms with Gasteiger partial charge in [-0.2, -0.15) is 5.10 Å². The van der Waals surface area contributed by atoms with Crippen molar-refractivity contribution in [1.82, 2.24) is 9.97 Å². The number of aromatic nitrogens is 2. The van der Waals surface area contributed by atoms with Gasteiger partial charge in [-0.1, -0.05) is 48.5 Å². The molecular weight excluding hydrogens is 340 g/mol. The number of hydrogen-bond acceptors (Lipinski definition) is 5. The molecule has 126 valence electrons. The summed E-state index contributed by atoms with van der Waals surface area (Å²) < 4.78 is 0. The highest BCUT2D eigenvalue weighted by molar-refractivity contribution is 7.10. The Morgan fingerprint density at radius 1 is 0.808 bits per heavy atom. The molecule has 2 heterocycles. The molecule has 0 radical (unpaired) electrons. The SMILES string of the molecule is C(=Cc1nc2ccccc2nc1NN=Cc1ccccc1)c1cccs1. The Balaban J connectivity index is 1.66. The zero-order chi connectivity index (χ0) is 17.6. The smallest absolute Gasteiger partial charge is 0.173 e. The Hall–Kier alpha value is -3.31. The van der Waals surface area contributed by atoms with Crippen molar-refractivity contribution in [3.8, 4) is 0 Å². The van der Waals surface area contributed by atoms with Crippen molar-refractivity contribution in [2.24, 2.45) is 5.10 Å². The van der Waals surface area contributed by atoms with Gasteiger partial charge in [0.2, 0.25) is 0 Å². The molecule has 4 nitrogen and oxygen atoms in total. The molecule has 0 unspecified atom stereocenters. The summed E-state index contributed by atoms with van der Waals surface area (Å²) in [5.41, 5.74) is 6.49. The number of hydrogen-bond donors (Lipinski definition) is 1. The first-order valence-electron chi connectivity index (χ1n) is 8.21. The maximum Gasteiger partial charge on any atom is 0.173 e. The van der Waals surface area contributed by atoms with Crippen LogP contribution in [0.5, 0.6) is 0 Å². The van der Waals surface area contributed by atoms with Gasteiger partial charge in [-0.05, 0) is 41.3 Å². The second-order valence-corrected chi connectivity index (χ2v) is 6.55. The van der Waals surface area contributed by atoms with E-state index < -0.39 is 0 Å². The Labute approximate surface area is 155 Å². The molecule has 0 atom stereocenters. The van der Waals surface area contributed by atoms with Crippen molar-refractivity contribution in [2.75, 3.05) is 5.43 Å². The van der Waals surface area contributed by atoms with E-state index in [2.05, 4.69) is 27.0 Å². The van der Waals surface area contributed by atoms with Crippen LogP contribution in [-0.2, 0) is 0 Å². The molecule has 0 aliphatic heterocycles. The van der Waals surface area contributed by atoms with E-state index in [1.54, 1.807) is 17.6 Å². The van der Waals surface area contributed by atoms with Gasteiger partial charge in [-0.15, -0.1) is 11.3 Å². The third-order valence-electron chi connectivity index (χ3n) is 3.73. The van der Waals surface area contributed by atoms with Gasteiger partial charge in [-0.25, -0.2) is 9.97 Å². The van der Waals surface area contributed by atoms with Crippen molar-refractivity contribution in [3.63, 3.8) is 0 Å². The second kappa shape index (κ2) is 7.72. The molecule has 0 aliphatic rings. The summed E-state index contributed by atoms with van der Waals surface area (Å²) in [7, 11) is 0. The number of rotatable bonds is 5. The van der Waals surface area contributed by atoms with Crippen molar-refractivity contribution in [3.05, 3.63) is 88.2 Å². The molecule has 2 aromatic carbocycles. The number of thiophene rings is 1. The predicted molar refractivity (Wildman–Crippen MR) is 110 cm³/mol. The van der Waals surface area contributed by atoms with E-state index in [1.807, 2.05) is 72.8 Å². The van der Waals surface area contributed by atoms with Crippen LogP contribution in [0.3, 0.4) is 0 Å². The highest BCUT2D eigenvalue weighted by Gasteiger charge is 2.06. The van der Waals surface area contributed by atoms with Gasteiger partial charge in [0.15, 0.2) is 5.82 Å². The number of nitrogens with one attached hydrogen (secondary N) is 1. The molecule has 0 bridgehead atoms. The number of fused-ring (bicyclic) bond motifs is 1. The summed E-state index contributed by atoms with van der Waals surface area (Å²) >= 11 is 1.68. The highest BCUT2D eigenvalue weighted by atomic mass is 32.1. The maximum atomic E-state index is 4.72. The molecule has 2 aromatic heterocycles. The molecule has 26 heavy (non-hydrogen) atoms. The van der Waals surface area contributed by atoms with E-state index in [-0.39, 0.29) is 0 Å². The summed E-state index contributed by atoms with van der Waals surface area (Å²) in [5, 5.41) is 6.37. The first kappa shape index (κ1) is 16.2. The largest absolute Gasteiger partial charge is 0.260 e. The monoisotopic (exact) mass is 356 g/mol. The fourth-order valence-corrected chi connectivity index (χ4v) is 3.08. The van der Waals surface area contributed by atoms with Gasteiger partial charge in [0.05, 0.1) is 17.2 Å². The average Bonchev–Trinajstić information content (AvgIpc) is 3.21.